The maximum absolute atomic E-state index is 13.3. The van der Waals surface area contributed by atoms with E-state index >= 15 is 0 Å². The van der Waals surface area contributed by atoms with Gasteiger partial charge in [-0.2, -0.15) is 4.98 Å². The Bertz CT molecular complexity index is 1140. The molecule has 2 aromatic carbocycles. The Hall–Kier alpha value is -2.42. The van der Waals surface area contributed by atoms with Gasteiger partial charge < -0.3 is 14.1 Å². The van der Waals surface area contributed by atoms with Gasteiger partial charge in [-0.25, -0.2) is 12.8 Å². The lowest BCUT2D eigenvalue weighted by Gasteiger charge is -2.35. The maximum Gasteiger partial charge on any atom is 0.236 e. The topological polar surface area (TPSA) is 72.6 Å². The number of hydrogen-bond donors (Lipinski definition) is 0. The van der Waals surface area contributed by atoms with Crippen LogP contribution in [0.1, 0.15) is 13.8 Å². The number of oxazole rings is 1. The van der Waals surface area contributed by atoms with Crippen molar-refractivity contribution >= 4 is 27.3 Å². The van der Waals surface area contributed by atoms with Gasteiger partial charge in [-0.05, 0) is 62.4 Å². The summed E-state index contributed by atoms with van der Waals surface area (Å²) in [4.78, 5) is 6.09. The van der Waals surface area contributed by atoms with Gasteiger partial charge in [0, 0.05) is 23.7 Å². The van der Waals surface area contributed by atoms with Crippen LogP contribution in [-0.2, 0) is 14.6 Å². The van der Waals surface area contributed by atoms with Crippen LogP contribution in [0, 0.1) is 5.82 Å². The second kappa shape index (κ2) is 8.02. The second-order valence-electron chi connectivity index (χ2n) is 7.26. The summed E-state index contributed by atoms with van der Waals surface area (Å²) in [5.74, 6) is -0.215. The molecule has 0 amide bonds. The van der Waals surface area contributed by atoms with Gasteiger partial charge in [0.25, 0.3) is 0 Å². The lowest BCUT2D eigenvalue weighted by Crippen LogP contribution is -2.45. The molecule has 1 aliphatic rings. The van der Waals surface area contributed by atoms with E-state index in [4.69, 9.17) is 20.8 Å². The molecular weight excluding hydrogens is 431 g/mol. The minimum Gasteiger partial charge on any atom is -0.419 e. The summed E-state index contributed by atoms with van der Waals surface area (Å²) in [6.45, 7) is 4.72. The van der Waals surface area contributed by atoms with Gasteiger partial charge in [0.15, 0.2) is 0 Å². The molecule has 2 atom stereocenters. The number of rotatable bonds is 4. The first-order valence-electron chi connectivity index (χ1n) is 9.42. The van der Waals surface area contributed by atoms with Gasteiger partial charge in [-0.3, -0.25) is 0 Å². The fourth-order valence-electron chi connectivity index (χ4n) is 3.46. The molecule has 6 nitrogen and oxygen atoms in total. The first-order valence-corrected chi connectivity index (χ1v) is 11.3. The highest BCUT2D eigenvalue weighted by Crippen LogP contribution is 2.36. The molecule has 0 N–H and O–H groups in total. The molecule has 158 valence electrons. The van der Waals surface area contributed by atoms with Gasteiger partial charge in [-0.15, -0.1) is 0 Å². The number of halogens is 2. The van der Waals surface area contributed by atoms with Gasteiger partial charge in [0.1, 0.15) is 5.82 Å². The number of hydrogen-bond acceptors (Lipinski definition) is 6. The van der Waals surface area contributed by atoms with E-state index in [2.05, 4.69) is 4.98 Å². The van der Waals surface area contributed by atoms with Crippen LogP contribution >= 0.6 is 11.6 Å². The van der Waals surface area contributed by atoms with E-state index in [1.807, 2.05) is 18.7 Å². The quantitative estimate of drug-likeness (QED) is 0.542. The predicted octanol–water partition coefficient (Wildman–Crippen LogP) is 4.58. The first-order chi connectivity index (χ1) is 14.2. The fraction of sp³-hybridized carbons (Fsp3) is 0.286. The smallest absolute Gasteiger partial charge is 0.236 e. The van der Waals surface area contributed by atoms with E-state index in [-0.39, 0.29) is 33.9 Å². The number of ether oxygens (including phenoxy) is 1. The van der Waals surface area contributed by atoms with Crippen molar-refractivity contribution in [3.8, 4) is 11.5 Å². The summed E-state index contributed by atoms with van der Waals surface area (Å²) in [5, 5.41) is 0.334. The average Bonchev–Trinajstić information content (AvgIpc) is 3.14. The summed E-state index contributed by atoms with van der Waals surface area (Å²) in [6.07, 6.45) is -0.224. The molecule has 9 heteroatoms. The number of aromatic nitrogens is 1. The third kappa shape index (κ3) is 4.08. The predicted molar refractivity (Wildman–Crippen MR) is 111 cm³/mol. The second-order valence-corrected chi connectivity index (χ2v) is 9.56. The fourth-order valence-corrected chi connectivity index (χ4v) is 4.91. The summed E-state index contributed by atoms with van der Waals surface area (Å²) in [6, 6.07) is 11.4. The zero-order valence-corrected chi connectivity index (χ0v) is 18.0. The highest BCUT2D eigenvalue weighted by molar-refractivity contribution is 7.91. The van der Waals surface area contributed by atoms with Gasteiger partial charge in [-0.1, -0.05) is 11.6 Å². The molecule has 0 radical (unpaired) electrons. The van der Waals surface area contributed by atoms with E-state index in [0.29, 0.717) is 23.7 Å². The monoisotopic (exact) mass is 450 g/mol. The number of nitrogens with zero attached hydrogens (tertiary/aromatic N) is 2. The Morgan fingerprint density at radius 2 is 1.63 bits per heavy atom. The largest absolute Gasteiger partial charge is 0.419 e. The lowest BCUT2D eigenvalue weighted by atomic mass is 10.2. The molecule has 1 aromatic heterocycles. The van der Waals surface area contributed by atoms with Crippen molar-refractivity contribution in [2.75, 3.05) is 18.0 Å². The van der Waals surface area contributed by atoms with Gasteiger partial charge >= 0.3 is 0 Å². The highest BCUT2D eigenvalue weighted by atomic mass is 35.5. The van der Waals surface area contributed by atoms with Crippen molar-refractivity contribution in [2.24, 2.45) is 0 Å². The highest BCUT2D eigenvalue weighted by Gasteiger charge is 2.34. The standard InChI is InChI=1S/C21H20ClFN2O4S/c1-13-11-25(12-14(2)28-13)21-20(30(26,27)18-9-7-17(23)8-10-18)24-19(29-21)15-3-5-16(22)6-4-15/h3-10,13-14H,11-12H2,1-2H3/t13-,14-/m0/s1. The number of morpholine rings is 1. The van der Waals surface area contributed by atoms with Crippen LogP contribution in [0.5, 0.6) is 0 Å². The zero-order valence-electron chi connectivity index (χ0n) is 16.4. The van der Waals surface area contributed by atoms with E-state index in [0.717, 1.165) is 12.1 Å². The molecule has 1 saturated heterocycles. The van der Waals surface area contributed by atoms with Crippen molar-refractivity contribution < 1.29 is 22.0 Å². The Morgan fingerprint density at radius 1 is 1.03 bits per heavy atom. The molecule has 0 saturated carbocycles. The van der Waals surface area contributed by atoms with Crippen molar-refractivity contribution in [2.45, 2.75) is 36.0 Å². The van der Waals surface area contributed by atoms with Crippen LogP contribution in [0.15, 0.2) is 62.9 Å². The molecule has 2 heterocycles. The van der Waals surface area contributed by atoms with Crippen LogP contribution in [0.3, 0.4) is 0 Å². The van der Waals surface area contributed by atoms with Crippen molar-refractivity contribution in [3.63, 3.8) is 0 Å². The number of anilines is 1. The van der Waals surface area contributed by atoms with Crippen molar-refractivity contribution in [1.29, 1.82) is 0 Å². The van der Waals surface area contributed by atoms with Crippen molar-refractivity contribution in [3.05, 3.63) is 59.4 Å². The summed E-state index contributed by atoms with van der Waals surface area (Å²) >= 11 is 5.96. The van der Waals surface area contributed by atoms with E-state index in [1.165, 1.54) is 12.1 Å². The molecule has 0 spiro atoms. The Morgan fingerprint density at radius 3 is 2.23 bits per heavy atom. The van der Waals surface area contributed by atoms with E-state index < -0.39 is 15.7 Å². The third-order valence-electron chi connectivity index (χ3n) is 4.76. The molecule has 0 aliphatic carbocycles. The average molecular weight is 451 g/mol. The van der Waals surface area contributed by atoms with Crippen LogP contribution in [0.4, 0.5) is 10.3 Å². The van der Waals surface area contributed by atoms with Crippen LogP contribution in [-0.4, -0.2) is 38.7 Å². The first kappa shape index (κ1) is 20.8. The van der Waals surface area contributed by atoms with Gasteiger partial charge in [0.2, 0.25) is 26.6 Å². The summed E-state index contributed by atoms with van der Waals surface area (Å²) in [7, 11) is -4.05. The molecule has 3 aromatic rings. The molecule has 1 fully saturated rings. The van der Waals surface area contributed by atoms with Crippen LogP contribution < -0.4 is 4.90 Å². The molecule has 4 rings (SSSR count). The number of benzene rings is 2. The number of sulfone groups is 1. The Kier molecular flexibility index (Phi) is 5.57. The van der Waals surface area contributed by atoms with Crippen LogP contribution in [0.2, 0.25) is 5.02 Å². The summed E-state index contributed by atoms with van der Waals surface area (Å²) in [5.41, 5.74) is 0.593. The zero-order chi connectivity index (χ0) is 21.5. The van der Waals surface area contributed by atoms with E-state index in [1.54, 1.807) is 24.3 Å². The minimum absolute atomic E-state index is 0.0598. The van der Waals surface area contributed by atoms with Crippen molar-refractivity contribution in [1.82, 2.24) is 4.98 Å². The Labute approximate surface area is 179 Å². The minimum atomic E-state index is -4.05. The summed E-state index contributed by atoms with van der Waals surface area (Å²) < 4.78 is 51.8. The lowest BCUT2D eigenvalue weighted by molar-refractivity contribution is -0.00657. The molecule has 30 heavy (non-hydrogen) atoms. The maximum atomic E-state index is 13.3. The molecular formula is C21H20ClFN2O4S. The Balaban J connectivity index is 1.85. The molecule has 1 aliphatic heterocycles. The normalized spacial score (nSPS) is 19.8. The third-order valence-corrected chi connectivity index (χ3v) is 6.68. The van der Waals surface area contributed by atoms with Crippen LogP contribution in [0.25, 0.3) is 11.5 Å². The molecule has 0 unspecified atom stereocenters. The van der Waals surface area contributed by atoms with Gasteiger partial charge in [0.05, 0.1) is 17.1 Å². The SMILES string of the molecule is C[C@H]1CN(c2oc(-c3ccc(Cl)cc3)nc2S(=O)(=O)c2ccc(F)cc2)C[C@H](C)O1. The van der Waals surface area contributed by atoms with E-state index in [9.17, 15) is 12.8 Å². The molecule has 0 bridgehead atoms.